The van der Waals surface area contributed by atoms with Crippen LogP contribution in [0, 0.1) is 23.7 Å². The highest BCUT2D eigenvalue weighted by Gasteiger charge is 2.21. The number of aromatic nitrogens is 3. The topological polar surface area (TPSA) is 73.6 Å². The van der Waals surface area contributed by atoms with Crippen LogP contribution in [0.25, 0.3) is 38.8 Å². The predicted molar refractivity (Wildman–Crippen MR) is 145 cm³/mol. The number of nitriles is 1. The van der Waals surface area contributed by atoms with Crippen LogP contribution in [0.2, 0.25) is 5.02 Å². The number of benzene rings is 3. The maximum absolute atomic E-state index is 10.0. The van der Waals surface area contributed by atoms with Gasteiger partial charge in [-0.1, -0.05) is 29.8 Å². The normalized spacial score (nSPS) is 13.6. The average molecular weight is 493 g/mol. The number of aryl methyl sites for hydroxylation is 2. The number of halogens is 1. The fourth-order valence-corrected chi connectivity index (χ4v) is 5.43. The molecule has 36 heavy (non-hydrogen) atoms. The van der Waals surface area contributed by atoms with Crippen LogP contribution in [-0.2, 0) is 7.05 Å². The zero-order chi connectivity index (χ0) is 25.0. The van der Waals surface area contributed by atoms with Crippen LogP contribution in [0.5, 0.6) is 0 Å². The highest BCUT2D eigenvalue weighted by molar-refractivity contribution is 6.30. The molecule has 0 unspecified atom stereocenters. The van der Waals surface area contributed by atoms with Gasteiger partial charge in [-0.2, -0.15) is 5.26 Å². The fraction of sp³-hybridized carbons (Fsp3) is 0.207. The standard InChI is InChI=1S/C29H25ClN6/c1-18-13-26(35-11-3-4-12-35)21(16-31)15-25(18)36-28-23-14-20(19-5-8-22(30)9-6-19)7-10-24(23)33-17-27(28)34(2)29(36)32/h5-10,13-15,17,32H,3-4,11-12H2,1-2H3. The first-order valence-electron chi connectivity index (χ1n) is 12.1. The molecule has 1 aliphatic rings. The van der Waals surface area contributed by atoms with Gasteiger partial charge in [-0.25, -0.2) is 0 Å². The van der Waals surface area contributed by atoms with E-state index < -0.39 is 0 Å². The van der Waals surface area contributed by atoms with Crippen molar-refractivity contribution < 1.29 is 0 Å². The number of imidazole rings is 1. The van der Waals surface area contributed by atoms with Crippen molar-refractivity contribution in [2.24, 2.45) is 7.05 Å². The van der Waals surface area contributed by atoms with E-state index in [0.717, 1.165) is 75.9 Å². The second-order valence-corrected chi connectivity index (χ2v) is 9.85. The lowest BCUT2D eigenvalue weighted by molar-refractivity contribution is 0.785. The predicted octanol–water partition coefficient (Wildman–Crippen LogP) is 6.10. The summed E-state index contributed by atoms with van der Waals surface area (Å²) < 4.78 is 3.80. The summed E-state index contributed by atoms with van der Waals surface area (Å²) in [5.74, 6) is 0. The van der Waals surface area contributed by atoms with E-state index in [0.29, 0.717) is 16.2 Å². The van der Waals surface area contributed by atoms with Gasteiger partial charge >= 0.3 is 0 Å². The lowest BCUT2D eigenvalue weighted by atomic mass is 10.0. The fourth-order valence-electron chi connectivity index (χ4n) is 5.31. The zero-order valence-electron chi connectivity index (χ0n) is 20.2. The highest BCUT2D eigenvalue weighted by atomic mass is 35.5. The molecule has 6 nitrogen and oxygen atoms in total. The van der Waals surface area contributed by atoms with Gasteiger partial charge in [0.05, 0.1) is 39.7 Å². The van der Waals surface area contributed by atoms with Crippen molar-refractivity contribution in [1.82, 2.24) is 14.1 Å². The molecule has 0 aliphatic carbocycles. The lowest BCUT2D eigenvalue weighted by Crippen LogP contribution is -2.23. The van der Waals surface area contributed by atoms with Crippen LogP contribution in [0.1, 0.15) is 24.0 Å². The molecule has 178 valence electrons. The highest BCUT2D eigenvalue weighted by Crippen LogP contribution is 2.33. The molecular formula is C29H25ClN6. The Kier molecular flexibility index (Phi) is 5.31. The Morgan fingerprint density at radius 2 is 1.69 bits per heavy atom. The third-order valence-electron chi connectivity index (χ3n) is 7.23. The number of fused-ring (bicyclic) bond motifs is 3. The van der Waals surface area contributed by atoms with E-state index in [-0.39, 0.29) is 0 Å². The number of anilines is 1. The summed E-state index contributed by atoms with van der Waals surface area (Å²) >= 11 is 6.11. The van der Waals surface area contributed by atoms with Crippen molar-refractivity contribution in [2.75, 3.05) is 18.0 Å². The van der Waals surface area contributed by atoms with Gasteiger partial charge in [0.25, 0.3) is 0 Å². The van der Waals surface area contributed by atoms with E-state index in [4.69, 9.17) is 22.0 Å². The van der Waals surface area contributed by atoms with Crippen molar-refractivity contribution in [1.29, 1.82) is 10.7 Å². The summed E-state index contributed by atoms with van der Waals surface area (Å²) in [6.45, 7) is 4.01. The Hall–Kier alpha value is -4.08. The molecule has 7 heteroatoms. The third kappa shape index (κ3) is 3.47. The van der Waals surface area contributed by atoms with E-state index in [2.05, 4.69) is 36.1 Å². The maximum Gasteiger partial charge on any atom is 0.207 e. The molecule has 0 spiro atoms. The summed E-state index contributed by atoms with van der Waals surface area (Å²) in [7, 11) is 1.89. The summed E-state index contributed by atoms with van der Waals surface area (Å²) in [6, 6.07) is 20.4. The molecule has 0 radical (unpaired) electrons. The van der Waals surface area contributed by atoms with Crippen molar-refractivity contribution in [3.63, 3.8) is 0 Å². The average Bonchev–Trinajstić information content (AvgIpc) is 3.52. The van der Waals surface area contributed by atoms with E-state index in [1.807, 2.05) is 58.8 Å². The molecule has 0 atom stereocenters. The van der Waals surface area contributed by atoms with Crippen LogP contribution in [0.3, 0.4) is 0 Å². The molecule has 1 saturated heterocycles. The summed E-state index contributed by atoms with van der Waals surface area (Å²) in [5, 5.41) is 20.7. The van der Waals surface area contributed by atoms with Crippen molar-refractivity contribution in [3.8, 4) is 22.9 Å². The summed E-state index contributed by atoms with van der Waals surface area (Å²) in [6.07, 6.45) is 4.12. The van der Waals surface area contributed by atoms with E-state index in [1.165, 1.54) is 0 Å². The SMILES string of the molecule is Cc1cc(N2CCCC2)c(C#N)cc1-n1c(=N)n(C)c2cnc3ccc(-c4ccc(Cl)cc4)cc3c21. The summed E-state index contributed by atoms with van der Waals surface area (Å²) in [4.78, 5) is 6.99. The molecular weight excluding hydrogens is 468 g/mol. The Morgan fingerprint density at radius 3 is 2.42 bits per heavy atom. The first-order valence-corrected chi connectivity index (χ1v) is 12.4. The van der Waals surface area contributed by atoms with Gasteiger partial charge in [0, 0.05) is 30.5 Å². The first-order chi connectivity index (χ1) is 17.5. The Labute approximate surface area is 214 Å². The smallest absolute Gasteiger partial charge is 0.207 e. The van der Waals surface area contributed by atoms with Gasteiger partial charge < -0.3 is 9.47 Å². The van der Waals surface area contributed by atoms with E-state index in [1.54, 1.807) is 0 Å². The minimum absolute atomic E-state index is 0.331. The number of nitrogens with zero attached hydrogens (tertiary/aromatic N) is 5. The lowest BCUT2D eigenvalue weighted by Gasteiger charge is -2.21. The minimum Gasteiger partial charge on any atom is -0.370 e. The Morgan fingerprint density at radius 1 is 0.972 bits per heavy atom. The second-order valence-electron chi connectivity index (χ2n) is 9.41. The van der Waals surface area contributed by atoms with Crippen LogP contribution < -0.4 is 10.5 Å². The molecule has 0 amide bonds. The van der Waals surface area contributed by atoms with Crippen molar-refractivity contribution in [2.45, 2.75) is 19.8 Å². The van der Waals surface area contributed by atoms with Crippen molar-refractivity contribution in [3.05, 3.63) is 82.6 Å². The van der Waals surface area contributed by atoms with Gasteiger partial charge in [0.15, 0.2) is 0 Å². The van der Waals surface area contributed by atoms with Gasteiger partial charge in [0.2, 0.25) is 5.62 Å². The Bertz CT molecular complexity index is 1750. The van der Waals surface area contributed by atoms with Crippen molar-refractivity contribution >= 4 is 39.2 Å². The number of rotatable bonds is 3. The molecule has 3 heterocycles. The molecule has 0 saturated carbocycles. The number of nitrogens with one attached hydrogen (secondary N) is 1. The first kappa shape index (κ1) is 22.4. The molecule has 3 aromatic carbocycles. The van der Waals surface area contributed by atoms with Gasteiger partial charge in [-0.05, 0) is 72.9 Å². The zero-order valence-corrected chi connectivity index (χ0v) is 21.0. The van der Waals surface area contributed by atoms with E-state index >= 15 is 0 Å². The number of pyridine rings is 1. The van der Waals surface area contributed by atoms with Crippen LogP contribution in [0.4, 0.5) is 5.69 Å². The van der Waals surface area contributed by atoms with Gasteiger partial charge in [-0.3, -0.25) is 15.0 Å². The second kappa shape index (κ2) is 8.54. The largest absolute Gasteiger partial charge is 0.370 e. The number of hydrogen-bond donors (Lipinski definition) is 1. The Balaban J connectivity index is 1.64. The van der Waals surface area contributed by atoms with Crippen LogP contribution >= 0.6 is 11.6 Å². The molecule has 0 bridgehead atoms. The molecule has 1 aliphatic heterocycles. The van der Waals surface area contributed by atoms with Gasteiger partial charge in [-0.15, -0.1) is 0 Å². The monoisotopic (exact) mass is 492 g/mol. The minimum atomic E-state index is 0.331. The molecule has 1 N–H and O–H groups in total. The van der Waals surface area contributed by atoms with Gasteiger partial charge in [0.1, 0.15) is 6.07 Å². The molecule has 6 rings (SSSR count). The molecule has 1 fully saturated rings. The quantitative estimate of drug-likeness (QED) is 0.331. The van der Waals surface area contributed by atoms with Crippen LogP contribution in [0.15, 0.2) is 60.8 Å². The van der Waals surface area contributed by atoms with Crippen LogP contribution in [-0.4, -0.2) is 27.2 Å². The summed E-state index contributed by atoms with van der Waals surface area (Å²) in [5.41, 5.74) is 8.56. The third-order valence-corrected chi connectivity index (χ3v) is 7.49. The maximum atomic E-state index is 10.0. The molecule has 2 aromatic heterocycles. The number of hydrogen-bond acceptors (Lipinski definition) is 4. The van der Waals surface area contributed by atoms with E-state index in [9.17, 15) is 5.26 Å². The molecule has 5 aromatic rings.